The van der Waals surface area contributed by atoms with Gasteiger partial charge in [0.25, 0.3) is 0 Å². The van der Waals surface area contributed by atoms with Crippen molar-refractivity contribution in [2.24, 2.45) is 0 Å². The second-order valence-corrected chi connectivity index (χ2v) is 4.40. The summed E-state index contributed by atoms with van der Waals surface area (Å²) in [6, 6.07) is 3.64. The molecule has 0 saturated carbocycles. The van der Waals surface area contributed by atoms with Gasteiger partial charge in [0.2, 0.25) is 11.8 Å². The molecule has 96 valence electrons. The normalized spacial score (nSPS) is 22.6. The van der Waals surface area contributed by atoms with Crippen LogP contribution in [0.15, 0.2) is 12.1 Å². The number of aromatic nitrogens is 1. The average molecular weight is 249 g/mol. The van der Waals surface area contributed by atoms with Crippen LogP contribution < -0.4 is 15.0 Å². The number of ether oxygens (including phenoxy) is 2. The number of morpholine rings is 1. The van der Waals surface area contributed by atoms with Crippen molar-refractivity contribution in [3.05, 3.63) is 12.1 Å². The number of fused-ring (bicyclic) bond motifs is 3. The highest BCUT2D eigenvalue weighted by molar-refractivity contribution is 5.96. The van der Waals surface area contributed by atoms with Crippen LogP contribution in [0.25, 0.3) is 0 Å². The SMILES string of the molecule is COc1ccc2c(n1)N1CCOCC1CC(=O)N2. The Bertz CT molecular complexity index is 478. The fourth-order valence-electron chi connectivity index (χ4n) is 2.38. The Morgan fingerprint density at radius 3 is 3.28 bits per heavy atom. The van der Waals surface area contributed by atoms with E-state index in [0.717, 1.165) is 18.1 Å². The summed E-state index contributed by atoms with van der Waals surface area (Å²) in [5.74, 6) is 1.32. The van der Waals surface area contributed by atoms with Gasteiger partial charge in [-0.1, -0.05) is 0 Å². The average Bonchev–Trinajstić information content (AvgIpc) is 2.53. The van der Waals surface area contributed by atoms with Gasteiger partial charge in [-0.25, -0.2) is 0 Å². The Kier molecular flexibility index (Phi) is 2.79. The molecule has 2 aliphatic heterocycles. The molecule has 0 spiro atoms. The molecule has 1 atom stereocenters. The maximum atomic E-state index is 11.8. The first-order chi connectivity index (χ1) is 8.78. The second kappa shape index (κ2) is 4.45. The zero-order valence-electron chi connectivity index (χ0n) is 10.2. The maximum Gasteiger partial charge on any atom is 0.226 e. The van der Waals surface area contributed by atoms with E-state index >= 15 is 0 Å². The third-order valence-corrected chi connectivity index (χ3v) is 3.25. The molecule has 1 saturated heterocycles. The molecular weight excluding hydrogens is 234 g/mol. The molecule has 3 rings (SSSR count). The molecule has 1 amide bonds. The molecule has 0 radical (unpaired) electrons. The van der Waals surface area contributed by atoms with Gasteiger partial charge in [-0.15, -0.1) is 0 Å². The first kappa shape index (κ1) is 11.3. The smallest absolute Gasteiger partial charge is 0.226 e. The lowest BCUT2D eigenvalue weighted by molar-refractivity contribution is -0.116. The predicted molar refractivity (Wildman–Crippen MR) is 66.0 cm³/mol. The van der Waals surface area contributed by atoms with Crippen molar-refractivity contribution in [1.29, 1.82) is 0 Å². The number of nitrogens with one attached hydrogen (secondary N) is 1. The molecule has 1 aromatic rings. The van der Waals surface area contributed by atoms with Crippen LogP contribution in [0.4, 0.5) is 11.5 Å². The molecule has 0 aliphatic carbocycles. The van der Waals surface area contributed by atoms with E-state index in [0.29, 0.717) is 25.5 Å². The minimum atomic E-state index is 0.00113. The van der Waals surface area contributed by atoms with Crippen LogP contribution in [-0.4, -0.2) is 43.8 Å². The quantitative estimate of drug-likeness (QED) is 0.791. The van der Waals surface area contributed by atoms with E-state index < -0.39 is 0 Å². The number of rotatable bonds is 1. The number of hydrogen-bond donors (Lipinski definition) is 1. The van der Waals surface area contributed by atoms with Gasteiger partial charge in [-0.2, -0.15) is 4.98 Å². The highest BCUT2D eigenvalue weighted by atomic mass is 16.5. The van der Waals surface area contributed by atoms with Crippen molar-refractivity contribution in [3.8, 4) is 5.88 Å². The molecule has 3 heterocycles. The predicted octanol–water partition coefficient (Wildman–Crippen LogP) is 0.638. The largest absolute Gasteiger partial charge is 0.481 e. The van der Waals surface area contributed by atoms with Crippen LogP contribution in [0.1, 0.15) is 6.42 Å². The Balaban J connectivity index is 2.05. The maximum absolute atomic E-state index is 11.8. The Labute approximate surface area is 105 Å². The van der Waals surface area contributed by atoms with E-state index in [1.54, 1.807) is 13.2 Å². The first-order valence-electron chi connectivity index (χ1n) is 5.97. The van der Waals surface area contributed by atoms with Gasteiger partial charge in [-0.05, 0) is 6.07 Å². The van der Waals surface area contributed by atoms with E-state index in [1.807, 2.05) is 6.07 Å². The molecule has 0 bridgehead atoms. The number of hydrogen-bond acceptors (Lipinski definition) is 5. The zero-order chi connectivity index (χ0) is 12.5. The second-order valence-electron chi connectivity index (χ2n) is 4.40. The molecule has 6 heteroatoms. The van der Waals surface area contributed by atoms with Gasteiger partial charge in [0.1, 0.15) is 0 Å². The number of pyridine rings is 1. The van der Waals surface area contributed by atoms with Crippen molar-refractivity contribution in [2.45, 2.75) is 12.5 Å². The number of anilines is 2. The number of carbonyl (C=O) groups excluding carboxylic acids is 1. The van der Waals surface area contributed by atoms with Crippen molar-refractivity contribution >= 4 is 17.4 Å². The lowest BCUT2D eigenvalue weighted by atomic mass is 10.1. The lowest BCUT2D eigenvalue weighted by Crippen LogP contribution is -2.46. The minimum Gasteiger partial charge on any atom is -0.481 e. The molecule has 1 fully saturated rings. The van der Waals surface area contributed by atoms with Crippen LogP contribution in [0, 0.1) is 0 Å². The highest BCUT2D eigenvalue weighted by Gasteiger charge is 2.31. The van der Waals surface area contributed by atoms with Crippen LogP contribution in [0.3, 0.4) is 0 Å². The number of nitrogens with zero attached hydrogens (tertiary/aromatic N) is 2. The fraction of sp³-hybridized carbons (Fsp3) is 0.500. The van der Waals surface area contributed by atoms with E-state index in [2.05, 4.69) is 15.2 Å². The fourth-order valence-corrected chi connectivity index (χ4v) is 2.38. The molecule has 6 nitrogen and oxygen atoms in total. The van der Waals surface area contributed by atoms with Crippen molar-refractivity contribution in [2.75, 3.05) is 37.1 Å². The van der Waals surface area contributed by atoms with Crippen LogP contribution in [0.5, 0.6) is 5.88 Å². The van der Waals surface area contributed by atoms with E-state index in [-0.39, 0.29) is 11.9 Å². The van der Waals surface area contributed by atoms with Crippen LogP contribution >= 0.6 is 0 Å². The summed E-state index contributed by atoms with van der Waals surface area (Å²) in [5, 5.41) is 2.88. The third kappa shape index (κ3) is 1.88. The number of carbonyl (C=O) groups is 1. The van der Waals surface area contributed by atoms with Gasteiger partial charge >= 0.3 is 0 Å². The van der Waals surface area contributed by atoms with Crippen molar-refractivity contribution < 1.29 is 14.3 Å². The standard InChI is InChI=1S/C12H15N3O3/c1-17-11-3-2-9-12(14-11)15-4-5-18-7-8(15)6-10(16)13-9/h2-3,8H,4-7H2,1H3,(H,13,16). The van der Waals surface area contributed by atoms with Gasteiger partial charge in [0.05, 0.1) is 32.1 Å². The molecule has 1 unspecified atom stereocenters. The third-order valence-electron chi connectivity index (χ3n) is 3.25. The summed E-state index contributed by atoms with van der Waals surface area (Å²) >= 11 is 0. The zero-order valence-corrected chi connectivity index (χ0v) is 10.2. The number of methoxy groups -OCH3 is 1. The molecular formula is C12H15N3O3. The first-order valence-corrected chi connectivity index (χ1v) is 5.97. The van der Waals surface area contributed by atoms with E-state index in [1.165, 1.54) is 0 Å². The van der Waals surface area contributed by atoms with E-state index in [4.69, 9.17) is 9.47 Å². The monoisotopic (exact) mass is 249 g/mol. The Morgan fingerprint density at radius 1 is 1.56 bits per heavy atom. The summed E-state index contributed by atoms with van der Waals surface area (Å²) < 4.78 is 10.6. The van der Waals surface area contributed by atoms with Crippen LogP contribution in [-0.2, 0) is 9.53 Å². The van der Waals surface area contributed by atoms with E-state index in [9.17, 15) is 4.79 Å². The van der Waals surface area contributed by atoms with Gasteiger partial charge < -0.3 is 19.7 Å². The molecule has 18 heavy (non-hydrogen) atoms. The summed E-state index contributed by atoms with van der Waals surface area (Å²) in [6.45, 7) is 1.96. The van der Waals surface area contributed by atoms with Gasteiger partial charge in [-0.3, -0.25) is 4.79 Å². The van der Waals surface area contributed by atoms with Crippen molar-refractivity contribution in [1.82, 2.24) is 4.98 Å². The highest BCUT2D eigenvalue weighted by Crippen LogP contribution is 2.32. The Morgan fingerprint density at radius 2 is 2.44 bits per heavy atom. The summed E-state index contributed by atoms with van der Waals surface area (Å²) in [4.78, 5) is 18.4. The van der Waals surface area contributed by atoms with Gasteiger partial charge in [0, 0.05) is 19.0 Å². The molecule has 1 N–H and O–H groups in total. The molecule has 2 aliphatic rings. The van der Waals surface area contributed by atoms with Crippen LogP contribution in [0.2, 0.25) is 0 Å². The minimum absolute atomic E-state index is 0.00113. The summed E-state index contributed by atoms with van der Waals surface area (Å²) in [5.41, 5.74) is 0.741. The lowest BCUT2D eigenvalue weighted by Gasteiger charge is -2.35. The Hall–Kier alpha value is -1.82. The summed E-state index contributed by atoms with van der Waals surface area (Å²) in [6.07, 6.45) is 0.429. The van der Waals surface area contributed by atoms with Crippen molar-refractivity contribution in [3.63, 3.8) is 0 Å². The number of amides is 1. The van der Waals surface area contributed by atoms with Gasteiger partial charge in [0.15, 0.2) is 5.82 Å². The topological polar surface area (TPSA) is 63.7 Å². The summed E-state index contributed by atoms with van der Waals surface area (Å²) in [7, 11) is 1.58. The molecule has 1 aromatic heterocycles. The molecule has 0 aromatic carbocycles.